The fraction of sp³-hybridized carbons (Fsp3) is 0.458. The summed E-state index contributed by atoms with van der Waals surface area (Å²) in [4.78, 5) is 17.0. The van der Waals surface area contributed by atoms with Crippen LogP contribution in [0.4, 0.5) is 11.4 Å². The van der Waals surface area contributed by atoms with Crippen molar-refractivity contribution in [2.75, 3.05) is 36.0 Å². The van der Waals surface area contributed by atoms with Gasteiger partial charge in [0.05, 0.1) is 5.69 Å². The van der Waals surface area contributed by atoms with Gasteiger partial charge >= 0.3 is 0 Å². The Kier molecular flexibility index (Phi) is 5.04. The number of fused-ring (bicyclic) bond motifs is 3. The first-order chi connectivity index (χ1) is 14.2. The summed E-state index contributed by atoms with van der Waals surface area (Å²) in [5.74, 6) is 1.88. The monoisotopic (exact) mass is 407 g/mol. The number of nitrogen functional groups attached to an aromatic ring is 1. The van der Waals surface area contributed by atoms with Crippen LogP contribution >= 0.6 is 11.8 Å². The molecule has 1 saturated heterocycles. The molecular formula is C24H29N3OS. The normalized spacial score (nSPS) is 25.2. The Bertz CT molecular complexity index is 930. The standard InChI is InChI=1S/C24H29N3OS/c25-20-8-2-1-6-18(20)21(28)9-4-11-24-12-13-26-16-19(24)17-7-3-10-22-23(17)27(24)14-5-15-29-22/h1-3,6-8,10,19,26H,4-5,9,11-16,25H2/t19-,24-/m0/s1. The van der Waals surface area contributed by atoms with Crippen LogP contribution in [0.5, 0.6) is 0 Å². The molecule has 0 bridgehead atoms. The zero-order chi connectivity index (χ0) is 19.8. The van der Waals surface area contributed by atoms with Crippen molar-refractivity contribution >= 4 is 28.9 Å². The lowest BCUT2D eigenvalue weighted by Gasteiger charge is -2.47. The minimum absolute atomic E-state index is 0.150. The van der Waals surface area contributed by atoms with Crippen molar-refractivity contribution in [3.63, 3.8) is 0 Å². The lowest BCUT2D eigenvalue weighted by molar-refractivity contribution is 0.0975. The van der Waals surface area contributed by atoms with Crippen LogP contribution in [0.25, 0.3) is 0 Å². The zero-order valence-corrected chi connectivity index (χ0v) is 17.6. The van der Waals surface area contributed by atoms with Crippen LogP contribution in [-0.2, 0) is 0 Å². The summed E-state index contributed by atoms with van der Waals surface area (Å²) < 4.78 is 0. The fourth-order valence-corrected chi connectivity index (χ4v) is 6.73. The maximum absolute atomic E-state index is 12.8. The van der Waals surface area contributed by atoms with E-state index < -0.39 is 0 Å². The highest BCUT2D eigenvalue weighted by molar-refractivity contribution is 7.99. The summed E-state index contributed by atoms with van der Waals surface area (Å²) in [5.41, 5.74) is 10.4. The van der Waals surface area contributed by atoms with Gasteiger partial charge < -0.3 is 16.0 Å². The number of hydrogen-bond acceptors (Lipinski definition) is 5. The SMILES string of the molecule is Nc1ccccc1C(=O)CCC[C@]12CCNC[C@H]1c1cccc3c1N2CCCS3. The van der Waals surface area contributed by atoms with Crippen molar-refractivity contribution in [2.45, 2.75) is 48.5 Å². The van der Waals surface area contributed by atoms with Gasteiger partial charge in [0.2, 0.25) is 0 Å². The Labute approximate surface area is 177 Å². The van der Waals surface area contributed by atoms with Gasteiger partial charge in [0, 0.05) is 47.1 Å². The third-order valence-electron chi connectivity index (χ3n) is 7.00. The van der Waals surface area contributed by atoms with Crippen molar-refractivity contribution in [3.8, 4) is 0 Å². The fourth-order valence-electron chi connectivity index (χ4n) is 5.70. The number of carbonyl (C=O) groups excluding carboxylic acids is 1. The Morgan fingerprint density at radius 1 is 1.24 bits per heavy atom. The largest absolute Gasteiger partial charge is 0.398 e. The Hall–Kier alpha value is -1.98. The lowest BCUT2D eigenvalue weighted by atomic mass is 9.73. The van der Waals surface area contributed by atoms with Crippen LogP contribution in [0.3, 0.4) is 0 Å². The first-order valence-corrected chi connectivity index (χ1v) is 11.8. The van der Waals surface area contributed by atoms with E-state index in [2.05, 4.69) is 28.4 Å². The number of thioether (sulfide) groups is 1. The molecule has 2 aromatic carbocycles. The van der Waals surface area contributed by atoms with E-state index in [1.165, 1.54) is 28.3 Å². The number of nitrogens with one attached hydrogen (secondary N) is 1. The summed E-state index contributed by atoms with van der Waals surface area (Å²) in [6.07, 6.45) is 4.92. The maximum Gasteiger partial charge on any atom is 0.164 e. The van der Waals surface area contributed by atoms with Gasteiger partial charge in [-0.1, -0.05) is 24.3 Å². The number of benzene rings is 2. The second-order valence-corrected chi connectivity index (χ2v) is 9.66. The minimum Gasteiger partial charge on any atom is -0.398 e. The molecule has 0 amide bonds. The quantitative estimate of drug-likeness (QED) is 0.566. The number of hydrogen-bond donors (Lipinski definition) is 2. The van der Waals surface area contributed by atoms with Crippen LogP contribution in [0.2, 0.25) is 0 Å². The summed E-state index contributed by atoms with van der Waals surface area (Å²) in [6, 6.07) is 14.3. The molecule has 0 saturated carbocycles. The molecule has 0 radical (unpaired) electrons. The smallest absolute Gasteiger partial charge is 0.164 e. The first-order valence-electron chi connectivity index (χ1n) is 10.8. The number of nitrogens with two attached hydrogens (primary N) is 1. The van der Waals surface area contributed by atoms with E-state index in [-0.39, 0.29) is 11.3 Å². The van der Waals surface area contributed by atoms with Crippen molar-refractivity contribution < 1.29 is 4.79 Å². The van der Waals surface area contributed by atoms with Gasteiger partial charge in [0.1, 0.15) is 0 Å². The van der Waals surface area contributed by atoms with Gasteiger partial charge in [0.25, 0.3) is 0 Å². The van der Waals surface area contributed by atoms with Gasteiger partial charge in [0.15, 0.2) is 5.78 Å². The second-order valence-electron chi connectivity index (χ2n) is 8.52. The highest BCUT2D eigenvalue weighted by atomic mass is 32.2. The molecule has 29 heavy (non-hydrogen) atoms. The van der Waals surface area contributed by atoms with Gasteiger partial charge in [-0.25, -0.2) is 0 Å². The molecule has 0 aliphatic carbocycles. The predicted octanol–water partition coefficient (Wildman–Crippen LogP) is 4.45. The Balaban J connectivity index is 1.40. The summed E-state index contributed by atoms with van der Waals surface area (Å²) in [7, 11) is 0. The molecule has 2 aromatic rings. The number of rotatable bonds is 5. The molecule has 0 spiro atoms. The molecule has 3 aliphatic rings. The van der Waals surface area contributed by atoms with E-state index in [0.717, 1.165) is 38.9 Å². The van der Waals surface area contributed by atoms with Gasteiger partial charge in [-0.3, -0.25) is 4.79 Å². The van der Waals surface area contributed by atoms with E-state index in [4.69, 9.17) is 5.73 Å². The van der Waals surface area contributed by atoms with Crippen LogP contribution in [0.15, 0.2) is 47.4 Å². The summed E-state index contributed by atoms with van der Waals surface area (Å²) in [5, 5.41) is 3.64. The molecule has 5 rings (SSSR count). The zero-order valence-electron chi connectivity index (χ0n) is 16.8. The number of Topliss-reactive ketones (excluding diaryl/α,β-unsaturated/α-hetero) is 1. The van der Waals surface area contributed by atoms with E-state index in [0.29, 0.717) is 23.6 Å². The third-order valence-corrected chi connectivity index (χ3v) is 8.14. The number of carbonyl (C=O) groups is 1. The first kappa shape index (κ1) is 19.0. The Morgan fingerprint density at radius 3 is 3.03 bits per heavy atom. The van der Waals surface area contributed by atoms with Gasteiger partial charge in [-0.15, -0.1) is 11.8 Å². The molecule has 3 heterocycles. The molecule has 3 N–H and O–H groups in total. The van der Waals surface area contributed by atoms with E-state index in [1.54, 1.807) is 0 Å². The topological polar surface area (TPSA) is 58.4 Å². The second kappa shape index (κ2) is 7.69. The Morgan fingerprint density at radius 2 is 2.14 bits per heavy atom. The maximum atomic E-state index is 12.8. The molecule has 3 aliphatic heterocycles. The van der Waals surface area contributed by atoms with Crippen molar-refractivity contribution in [1.82, 2.24) is 5.32 Å². The molecule has 152 valence electrons. The third kappa shape index (κ3) is 3.15. The summed E-state index contributed by atoms with van der Waals surface area (Å²) >= 11 is 2.01. The minimum atomic E-state index is 0.150. The number of piperidine rings is 1. The highest BCUT2D eigenvalue weighted by Crippen LogP contribution is 2.56. The van der Waals surface area contributed by atoms with Gasteiger partial charge in [-0.2, -0.15) is 0 Å². The molecule has 5 heteroatoms. The van der Waals surface area contributed by atoms with Crippen molar-refractivity contribution in [1.29, 1.82) is 0 Å². The molecule has 0 unspecified atom stereocenters. The summed E-state index contributed by atoms with van der Waals surface area (Å²) in [6.45, 7) is 3.23. The van der Waals surface area contributed by atoms with Crippen LogP contribution in [0, 0.1) is 0 Å². The molecular weight excluding hydrogens is 378 g/mol. The van der Waals surface area contributed by atoms with Gasteiger partial charge in [-0.05, 0) is 61.7 Å². The number of ketones is 1. The van der Waals surface area contributed by atoms with E-state index in [1.807, 2.05) is 36.0 Å². The number of anilines is 2. The van der Waals surface area contributed by atoms with Crippen molar-refractivity contribution in [3.05, 3.63) is 53.6 Å². The average molecular weight is 408 g/mol. The molecule has 1 fully saturated rings. The molecule has 4 nitrogen and oxygen atoms in total. The molecule has 2 atom stereocenters. The van der Waals surface area contributed by atoms with Crippen molar-refractivity contribution in [2.24, 2.45) is 0 Å². The molecule has 0 aromatic heterocycles. The van der Waals surface area contributed by atoms with Crippen LogP contribution in [0.1, 0.15) is 53.9 Å². The predicted molar refractivity (Wildman–Crippen MR) is 121 cm³/mol. The number of nitrogens with zero attached hydrogens (tertiary/aromatic N) is 1. The average Bonchev–Trinajstić information content (AvgIpc) is 2.86. The van der Waals surface area contributed by atoms with Crippen LogP contribution < -0.4 is 16.0 Å². The van der Waals surface area contributed by atoms with E-state index in [9.17, 15) is 4.79 Å². The lowest BCUT2D eigenvalue weighted by Crippen LogP contribution is -2.56. The van der Waals surface area contributed by atoms with E-state index >= 15 is 0 Å². The van der Waals surface area contributed by atoms with Crippen LogP contribution in [-0.4, -0.2) is 36.7 Å². The number of para-hydroxylation sites is 2. The highest BCUT2D eigenvalue weighted by Gasteiger charge is 2.52.